The Morgan fingerprint density at radius 1 is 1.26 bits per heavy atom. The van der Waals surface area contributed by atoms with Crippen LogP contribution in [0.25, 0.3) is 0 Å². The summed E-state index contributed by atoms with van der Waals surface area (Å²) in [4.78, 5) is 25.6. The minimum absolute atomic E-state index is 0.204. The van der Waals surface area contributed by atoms with Gasteiger partial charge in [-0.3, -0.25) is 9.59 Å². The number of benzene rings is 1. The highest BCUT2D eigenvalue weighted by Crippen LogP contribution is 2.25. The summed E-state index contributed by atoms with van der Waals surface area (Å²) in [5, 5.41) is 2.70. The van der Waals surface area contributed by atoms with Gasteiger partial charge < -0.3 is 15.0 Å². The number of hydrogen-bond acceptors (Lipinski definition) is 3. The first-order valence-electron chi connectivity index (χ1n) is 5.75. The second kappa shape index (κ2) is 5.39. The molecule has 1 aromatic heterocycles. The Labute approximate surface area is 110 Å². The van der Waals surface area contributed by atoms with E-state index in [-0.39, 0.29) is 17.2 Å². The molecule has 1 amide bonds. The molecular weight excluding hydrogens is 244 g/mol. The summed E-state index contributed by atoms with van der Waals surface area (Å²) in [7, 11) is 1.54. The lowest BCUT2D eigenvalue weighted by Gasteiger charge is -2.10. The van der Waals surface area contributed by atoms with E-state index >= 15 is 0 Å². The van der Waals surface area contributed by atoms with Crippen LogP contribution in [-0.4, -0.2) is 18.0 Å². The molecule has 0 fully saturated rings. The average Bonchev–Trinajstić information content (AvgIpc) is 2.40. The Morgan fingerprint density at radius 2 is 2.05 bits per heavy atom. The van der Waals surface area contributed by atoms with Gasteiger partial charge in [0, 0.05) is 6.07 Å². The van der Waals surface area contributed by atoms with Crippen LogP contribution in [0.2, 0.25) is 0 Å². The summed E-state index contributed by atoms with van der Waals surface area (Å²) in [5.41, 5.74) is 1.48. The number of amides is 1. The van der Waals surface area contributed by atoms with Crippen LogP contribution in [0, 0.1) is 6.92 Å². The van der Waals surface area contributed by atoms with Crippen molar-refractivity contribution in [3.05, 3.63) is 58.0 Å². The van der Waals surface area contributed by atoms with Crippen molar-refractivity contribution in [1.29, 1.82) is 0 Å². The summed E-state index contributed by atoms with van der Waals surface area (Å²) in [6, 6.07) is 9.86. The molecule has 2 N–H and O–H groups in total. The Morgan fingerprint density at radius 3 is 2.74 bits per heavy atom. The molecule has 0 atom stereocenters. The second-order valence-corrected chi connectivity index (χ2v) is 4.09. The van der Waals surface area contributed by atoms with Gasteiger partial charge in [-0.1, -0.05) is 12.1 Å². The van der Waals surface area contributed by atoms with Gasteiger partial charge in [-0.15, -0.1) is 0 Å². The number of aryl methyl sites for hydroxylation is 1. The van der Waals surface area contributed by atoms with Gasteiger partial charge in [0.2, 0.25) is 5.56 Å². The van der Waals surface area contributed by atoms with Gasteiger partial charge in [-0.05, 0) is 30.7 Å². The van der Waals surface area contributed by atoms with Crippen LogP contribution in [0.3, 0.4) is 0 Å². The molecule has 0 radical (unpaired) electrons. The van der Waals surface area contributed by atoms with E-state index in [4.69, 9.17) is 4.74 Å². The lowest BCUT2D eigenvalue weighted by molar-refractivity contribution is 0.102. The van der Waals surface area contributed by atoms with Crippen LogP contribution in [0.5, 0.6) is 5.75 Å². The number of aromatic amines is 1. The molecule has 5 nitrogen and oxygen atoms in total. The standard InChI is InChI=1S/C14H14N2O3/c1-9-6-7-10(12(8-9)19-2)16-14(18)11-4-3-5-13(17)15-11/h3-8H,1-2H3,(H,15,17)(H,16,18). The third-order valence-electron chi connectivity index (χ3n) is 2.62. The molecule has 0 spiro atoms. The number of H-pyrrole nitrogens is 1. The fraction of sp³-hybridized carbons (Fsp3) is 0.143. The molecule has 19 heavy (non-hydrogen) atoms. The lowest BCUT2D eigenvalue weighted by Crippen LogP contribution is -2.18. The van der Waals surface area contributed by atoms with E-state index in [1.54, 1.807) is 6.07 Å². The Kier molecular flexibility index (Phi) is 3.66. The van der Waals surface area contributed by atoms with E-state index in [0.29, 0.717) is 11.4 Å². The van der Waals surface area contributed by atoms with Crippen molar-refractivity contribution in [2.24, 2.45) is 0 Å². The average molecular weight is 258 g/mol. The quantitative estimate of drug-likeness (QED) is 0.883. The number of methoxy groups -OCH3 is 1. The number of carbonyl (C=O) groups excluding carboxylic acids is 1. The SMILES string of the molecule is COc1cc(C)ccc1NC(=O)c1cccc(=O)[nH]1. The second-order valence-electron chi connectivity index (χ2n) is 4.09. The first-order chi connectivity index (χ1) is 9.10. The fourth-order valence-electron chi connectivity index (χ4n) is 1.67. The number of aromatic nitrogens is 1. The zero-order chi connectivity index (χ0) is 13.8. The fourth-order valence-corrected chi connectivity index (χ4v) is 1.67. The van der Waals surface area contributed by atoms with Gasteiger partial charge in [0.25, 0.3) is 5.91 Å². The topological polar surface area (TPSA) is 71.2 Å². The molecule has 1 aromatic carbocycles. The maximum atomic E-state index is 12.0. The van der Waals surface area contributed by atoms with Crippen LogP contribution in [-0.2, 0) is 0 Å². The van der Waals surface area contributed by atoms with Crippen LogP contribution in [0.1, 0.15) is 16.1 Å². The summed E-state index contributed by atoms with van der Waals surface area (Å²) < 4.78 is 5.20. The molecule has 0 unspecified atom stereocenters. The molecule has 0 saturated heterocycles. The molecule has 0 aliphatic rings. The van der Waals surface area contributed by atoms with Crippen molar-refractivity contribution in [3.8, 4) is 5.75 Å². The molecule has 2 aromatic rings. The van der Waals surface area contributed by atoms with Crippen LogP contribution >= 0.6 is 0 Å². The number of nitrogens with one attached hydrogen (secondary N) is 2. The van der Waals surface area contributed by atoms with Crippen molar-refractivity contribution < 1.29 is 9.53 Å². The predicted molar refractivity (Wildman–Crippen MR) is 72.7 cm³/mol. The molecule has 2 rings (SSSR count). The lowest BCUT2D eigenvalue weighted by atomic mass is 10.2. The van der Waals surface area contributed by atoms with Crippen LogP contribution < -0.4 is 15.6 Å². The minimum atomic E-state index is -0.389. The van der Waals surface area contributed by atoms with Gasteiger partial charge in [0.05, 0.1) is 12.8 Å². The van der Waals surface area contributed by atoms with E-state index in [2.05, 4.69) is 10.3 Å². The maximum absolute atomic E-state index is 12.0. The van der Waals surface area contributed by atoms with Crippen molar-refractivity contribution in [1.82, 2.24) is 4.98 Å². The van der Waals surface area contributed by atoms with E-state index in [1.165, 1.54) is 25.3 Å². The van der Waals surface area contributed by atoms with Gasteiger partial charge in [0.15, 0.2) is 0 Å². The number of carbonyl (C=O) groups is 1. The Hall–Kier alpha value is -2.56. The number of rotatable bonds is 3. The third-order valence-corrected chi connectivity index (χ3v) is 2.62. The maximum Gasteiger partial charge on any atom is 0.272 e. The Balaban J connectivity index is 2.26. The van der Waals surface area contributed by atoms with Gasteiger partial charge >= 0.3 is 0 Å². The van der Waals surface area contributed by atoms with E-state index < -0.39 is 0 Å². The van der Waals surface area contributed by atoms with Crippen molar-refractivity contribution in [2.45, 2.75) is 6.92 Å². The summed E-state index contributed by atoms with van der Waals surface area (Å²) in [6.07, 6.45) is 0. The number of anilines is 1. The van der Waals surface area contributed by atoms with Crippen molar-refractivity contribution in [2.75, 3.05) is 12.4 Å². The molecule has 0 aliphatic heterocycles. The van der Waals surface area contributed by atoms with Gasteiger partial charge in [0.1, 0.15) is 11.4 Å². The summed E-state index contributed by atoms with van der Waals surface area (Å²) in [6.45, 7) is 1.93. The molecule has 0 aliphatic carbocycles. The molecule has 98 valence electrons. The molecule has 0 saturated carbocycles. The smallest absolute Gasteiger partial charge is 0.272 e. The number of hydrogen-bond donors (Lipinski definition) is 2. The normalized spacial score (nSPS) is 10.0. The predicted octanol–water partition coefficient (Wildman–Crippen LogP) is 1.94. The van der Waals surface area contributed by atoms with Crippen molar-refractivity contribution in [3.63, 3.8) is 0 Å². The van der Waals surface area contributed by atoms with E-state index in [9.17, 15) is 9.59 Å². The molecule has 0 bridgehead atoms. The zero-order valence-corrected chi connectivity index (χ0v) is 10.7. The van der Waals surface area contributed by atoms with E-state index in [1.807, 2.05) is 19.1 Å². The Bertz CT molecular complexity index is 662. The zero-order valence-electron chi connectivity index (χ0n) is 10.7. The van der Waals surface area contributed by atoms with Crippen LogP contribution in [0.15, 0.2) is 41.2 Å². The van der Waals surface area contributed by atoms with Gasteiger partial charge in [-0.25, -0.2) is 0 Å². The third kappa shape index (κ3) is 3.01. The highest BCUT2D eigenvalue weighted by molar-refractivity contribution is 6.03. The highest BCUT2D eigenvalue weighted by atomic mass is 16.5. The van der Waals surface area contributed by atoms with E-state index in [0.717, 1.165) is 5.56 Å². The molecule has 5 heteroatoms. The van der Waals surface area contributed by atoms with Gasteiger partial charge in [-0.2, -0.15) is 0 Å². The monoisotopic (exact) mass is 258 g/mol. The molecule has 1 heterocycles. The summed E-state index contributed by atoms with van der Waals surface area (Å²) >= 11 is 0. The first kappa shape index (κ1) is 12.9. The number of pyridine rings is 1. The summed E-state index contributed by atoms with van der Waals surface area (Å²) in [5.74, 6) is 0.187. The molecular formula is C14H14N2O3. The first-order valence-corrected chi connectivity index (χ1v) is 5.75. The minimum Gasteiger partial charge on any atom is -0.495 e. The highest BCUT2D eigenvalue weighted by Gasteiger charge is 2.10. The van der Waals surface area contributed by atoms with Crippen LogP contribution in [0.4, 0.5) is 5.69 Å². The largest absolute Gasteiger partial charge is 0.495 e. The van der Waals surface area contributed by atoms with Crippen molar-refractivity contribution >= 4 is 11.6 Å². The number of ether oxygens (including phenoxy) is 1.